The van der Waals surface area contributed by atoms with Crippen LogP contribution in [0, 0.1) is 0 Å². The highest BCUT2D eigenvalue weighted by molar-refractivity contribution is 6.61. The molecule has 0 aromatic rings. The van der Waals surface area contributed by atoms with Gasteiger partial charge < -0.3 is 9.47 Å². The average molecular weight is 237 g/mol. The van der Waals surface area contributed by atoms with Crippen molar-refractivity contribution in [2.75, 3.05) is 6.79 Å². The molecular formula is C10H17ClO4. The van der Waals surface area contributed by atoms with E-state index in [0.29, 0.717) is 6.42 Å². The molecule has 0 heterocycles. The van der Waals surface area contributed by atoms with Crippen molar-refractivity contribution in [2.45, 2.75) is 45.4 Å². The van der Waals surface area contributed by atoms with E-state index in [0.717, 1.165) is 19.3 Å². The number of carbonyl (C=O) groups is 2. The highest BCUT2D eigenvalue weighted by atomic mass is 35.5. The number of unbranched alkanes of at least 4 members (excludes halogenated alkanes) is 4. The zero-order chi connectivity index (χ0) is 11.5. The molecule has 0 aromatic carbocycles. The number of halogens is 1. The Bertz CT molecular complexity index is 194. The van der Waals surface area contributed by atoms with E-state index in [4.69, 9.17) is 11.6 Å². The van der Waals surface area contributed by atoms with Gasteiger partial charge in [0.15, 0.2) is 0 Å². The number of hydrogen-bond donors (Lipinski definition) is 0. The van der Waals surface area contributed by atoms with E-state index in [1.807, 2.05) is 0 Å². The molecule has 0 N–H and O–H groups in total. The fourth-order valence-corrected chi connectivity index (χ4v) is 1.13. The summed E-state index contributed by atoms with van der Waals surface area (Å²) >= 11 is 4.87. The maximum Gasteiger partial charge on any atom is 0.406 e. The van der Waals surface area contributed by atoms with E-state index >= 15 is 0 Å². The lowest BCUT2D eigenvalue weighted by Crippen LogP contribution is -2.09. The third-order valence-corrected chi connectivity index (χ3v) is 1.99. The van der Waals surface area contributed by atoms with Crippen LogP contribution in [0.25, 0.3) is 0 Å². The number of ether oxygens (including phenoxy) is 2. The van der Waals surface area contributed by atoms with E-state index in [-0.39, 0.29) is 5.97 Å². The van der Waals surface area contributed by atoms with Crippen molar-refractivity contribution in [1.29, 1.82) is 0 Å². The second-order valence-corrected chi connectivity index (χ2v) is 3.49. The molecule has 0 unspecified atom stereocenters. The molecule has 0 aliphatic heterocycles. The van der Waals surface area contributed by atoms with Gasteiger partial charge in [-0.15, -0.1) is 0 Å². The molecule has 0 fully saturated rings. The quantitative estimate of drug-likeness (QED) is 0.281. The minimum atomic E-state index is -0.967. The topological polar surface area (TPSA) is 52.6 Å². The monoisotopic (exact) mass is 236 g/mol. The molecule has 0 spiro atoms. The van der Waals surface area contributed by atoms with Crippen molar-refractivity contribution >= 4 is 23.0 Å². The van der Waals surface area contributed by atoms with Crippen LogP contribution in [0.5, 0.6) is 0 Å². The van der Waals surface area contributed by atoms with Gasteiger partial charge in [-0.1, -0.05) is 32.6 Å². The summed E-state index contributed by atoms with van der Waals surface area (Å²) in [5.74, 6) is -0.357. The van der Waals surface area contributed by atoms with Crippen molar-refractivity contribution in [3.8, 4) is 0 Å². The van der Waals surface area contributed by atoms with Crippen LogP contribution in [0.15, 0.2) is 0 Å². The van der Waals surface area contributed by atoms with Crippen molar-refractivity contribution in [1.82, 2.24) is 0 Å². The molecule has 15 heavy (non-hydrogen) atoms. The fourth-order valence-electron chi connectivity index (χ4n) is 1.09. The Hall–Kier alpha value is -0.770. The molecule has 0 aromatic heterocycles. The molecule has 0 saturated carbocycles. The molecule has 88 valence electrons. The molecule has 0 amide bonds. The predicted octanol–water partition coefficient (Wildman–Crippen LogP) is 3.22. The molecular weight excluding hydrogens is 220 g/mol. The minimum absolute atomic E-state index is 0.357. The first-order valence-electron chi connectivity index (χ1n) is 5.14. The highest BCUT2D eigenvalue weighted by Crippen LogP contribution is 2.05. The van der Waals surface area contributed by atoms with Crippen LogP contribution in [-0.2, 0) is 14.3 Å². The van der Waals surface area contributed by atoms with Gasteiger partial charge in [-0.2, -0.15) is 0 Å². The summed E-state index contributed by atoms with van der Waals surface area (Å²) in [5.41, 5.74) is -0.967. The molecule has 0 aliphatic rings. The van der Waals surface area contributed by atoms with E-state index in [9.17, 15) is 9.59 Å². The second-order valence-electron chi connectivity index (χ2n) is 3.18. The van der Waals surface area contributed by atoms with Crippen LogP contribution >= 0.6 is 11.6 Å². The van der Waals surface area contributed by atoms with Gasteiger partial charge in [-0.25, -0.2) is 4.79 Å². The van der Waals surface area contributed by atoms with Crippen LogP contribution in [0.2, 0.25) is 0 Å². The zero-order valence-electron chi connectivity index (χ0n) is 8.96. The molecule has 4 nitrogen and oxygen atoms in total. The lowest BCUT2D eigenvalue weighted by atomic mass is 10.1. The maximum atomic E-state index is 11.0. The van der Waals surface area contributed by atoms with E-state index in [1.54, 1.807) is 0 Å². The van der Waals surface area contributed by atoms with Crippen LogP contribution in [0.3, 0.4) is 0 Å². The van der Waals surface area contributed by atoms with Gasteiger partial charge >= 0.3 is 11.4 Å². The highest BCUT2D eigenvalue weighted by Gasteiger charge is 2.03. The summed E-state index contributed by atoms with van der Waals surface area (Å²) in [7, 11) is 0. The third kappa shape index (κ3) is 11.2. The standard InChI is InChI=1S/C10H17ClO4/c1-2-3-4-5-6-7-9(12)14-8-15-10(11)13/h2-8H2,1H3. The van der Waals surface area contributed by atoms with Crippen molar-refractivity contribution in [2.24, 2.45) is 0 Å². The summed E-state index contributed by atoms with van der Waals surface area (Å²) in [6.45, 7) is 1.74. The van der Waals surface area contributed by atoms with Gasteiger partial charge in [0.25, 0.3) is 0 Å². The number of hydrogen-bond acceptors (Lipinski definition) is 4. The van der Waals surface area contributed by atoms with Gasteiger partial charge in [0, 0.05) is 18.0 Å². The van der Waals surface area contributed by atoms with Crippen molar-refractivity contribution in [3.05, 3.63) is 0 Å². The predicted molar refractivity (Wildman–Crippen MR) is 56.7 cm³/mol. The SMILES string of the molecule is CCCCCCCC(=O)OCOC(=O)Cl. The summed E-state index contributed by atoms with van der Waals surface area (Å²) in [5, 5.41) is 0. The lowest BCUT2D eigenvalue weighted by Gasteiger charge is -2.03. The number of rotatable bonds is 8. The Labute approximate surface area is 94.9 Å². The number of carbonyl (C=O) groups excluding carboxylic acids is 2. The van der Waals surface area contributed by atoms with Crippen molar-refractivity contribution < 1.29 is 19.1 Å². The van der Waals surface area contributed by atoms with E-state index in [1.165, 1.54) is 12.8 Å². The summed E-state index contributed by atoms with van der Waals surface area (Å²) < 4.78 is 8.83. The van der Waals surface area contributed by atoms with Gasteiger partial charge in [0.05, 0.1) is 0 Å². The Balaban J connectivity index is 3.22. The smallest absolute Gasteiger partial charge is 0.406 e. The Morgan fingerprint density at radius 1 is 1.07 bits per heavy atom. The molecule has 0 rings (SSSR count). The minimum Gasteiger partial charge on any atom is -0.428 e. The summed E-state index contributed by atoms with van der Waals surface area (Å²) in [6.07, 6.45) is 5.71. The van der Waals surface area contributed by atoms with Crippen LogP contribution in [-0.4, -0.2) is 18.2 Å². The summed E-state index contributed by atoms with van der Waals surface area (Å²) in [4.78, 5) is 21.1. The van der Waals surface area contributed by atoms with Crippen LogP contribution < -0.4 is 0 Å². The van der Waals surface area contributed by atoms with Gasteiger partial charge in [0.2, 0.25) is 6.79 Å². The summed E-state index contributed by atoms with van der Waals surface area (Å²) in [6, 6.07) is 0. The Morgan fingerprint density at radius 3 is 2.33 bits per heavy atom. The molecule has 0 bridgehead atoms. The van der Waals surface area contributed by atoms with E-state index in [2.05, 4.69) is 16.4 Å². The largest absolute Gasteiger partial charge is 0.428 e. The Kier molecular flexibility index (Phi) is 9.27. The lowest BCUT2D eigenvalue weighted by molar-refractivity contribution is -0.151. The van der Waals surface area contributed by atoms with E-state index < -0.39 is 12.2 Å². The molecule has 0 saturated heterocycles. The van der Waals surface area contributed by atoms with Gasteiger partial charge in [-0.05, 0) is 6.42 Å². The van der Waals surface area contributed by atoms with Gasteiger partial charge in [0.1, 0.15) is 0 Å². The normalized spacial score (nSPS) is 9.73. The zero-order valence-corrected chi connectivity index (χ0v) is 9.72. The first kappa shape index (κ1) is 14.2. The first-order chi connectivity index (χ1) is 7.16. The van der Waals surface area contributed by atoms with Crippen LogP contribution in [0.4, 0.5) is 4.79 Å². The van der Waals surface area contributed by atoms with Crippen LogP contribution in [0.1, 0.15) is 45.4 Å². The molecule has 0 radical (unpaired) electrons. The first-order valence-corrected chi connectivity index (χ1v) is 5.52. The molecule has 0 aliphatic carbocycles. The van der Waals surface area contributed by atoms with Crippen molar-refractivity contribution in [3.63, 3.8) is 0 Å². The molecule has 0 atom stereocenters. The fraction of sp³-hybridized carbons (Fsp3) is 0.800. The maximum absolute atomic E-state index is 11.0. The third-order valence-electron chi connectivity index (χ3n) is 1.88. The van der Waals surface area contributed by atoms with Gasteiger partial charge in [-0.3, -0.25) is 4.79 Å². The Morgan fingerprint density at radius 2 is 1.73 bits per heavy atom. The number of esters is 1. The average Bonchev–Trinajstić information content (AvgIpc) is 2.17. The second kappa shape index (κ2) is 9.77. The molecule has 5 heteroatoms.